The van der Waals surface area contributed by atoms with Gasteiger partial charge < -0.3 is 19.7 Å². The molecule has 0 aromatic heterocycles. The summed E-state index contributed by atoms with van der Waals surface area (Å²) < 4.78 is 30.2. The zero-order valence-electron chi connectivity index (χ0n) is 17.5. The van der Waals surface area contributed by atoms with Crippen molar-refractivity contribution in [2.75, 3.05) is 32.7 Å². The molecule has 0 saturated heterocycles. The minimum atomic E-state index is -3.19. The largest absolute Gasteiger partial charge is 0.396 e. The van der Waals surface area contributed by atoms with Gasteiger partial charge in [0.2, 0.25) is 9.05 Å². The van der Waals surface area contributed by atoms with Gasteiger partial charge >= 0.3 is 0 Å². The number of rotatable bonds is 6. The van der Waals surface area contributed by atoms with Gasteiger partial charge in [-0.05, 0) is 50.4 Å². The summed E-state index contributed by atoms with van der Waals surface area (Å²) in [7, 11) is 1.31. The molecule has 0 spiro atoms. The Morgan fingerprint density at radius 2 is 1.13 bits per heavy atom. The van der Waals surface area contributed by atoms with Crippen LogP contribution in [0.1, 0.15) is 34.1 Å². The molecule has 0 amide bonds. The van der Waals surface area contributed by atoms with E-state index in [1.165, 1.54) is 6.42 Å². The van der Waals surface area contributed by atoms with Crippen LogP contribution in [0.25, 0.3) is 0 Å². The van der Waals surface area contributed by atoms with Gasteiger partial charge in [0.25, 0.3) is 0 Å². The molecule has 2 saturated carbocycles. The van der Waals surface area contributed by atoms with Gasteiger partial charge in [-0.25, -0.2) is 8.42 Å². The highest BCUT2D eigenvalue weighted by atomic mass is 35.7. The zero-order chi connectivity index (χ0) is 21.6. The number of allylic oxidation sites excluding steroid dienone is 2. The molecule has 30 heavy (non-hydrogen) atoms. The third kappa shape index (κ3) is 7.31. The van der Waals surface area contributed by atoms with Crippen molar-refractivity contribution in [2.24, 2.45) is 35.5 Å². The molecule has 4 rings (SSSR count). The maximum Gasteiger partial charge on any atom is 0.229 e. The molecule has 0 radical (unpaired) electrons. The Morgan fingerprint density at radius 3 is 1.43 bits per heavy atom. The smallest absolute Gasteiger partial charge is 0.229 e. The Balaban J connectivity index is 0.000000242. The SMILES string of the molecule is C.CCOC1C2C=CC(C2)C1OCC.CS(=O)(=O)Cl.OCC1C2C=CC(C2)C1CO. The normalized spacial score (nSPS) is 37.3. The fourth-order valence-corrected chi connectivity index (χ4v) is 5.12. The monoisotopic (exact) mass is 466 g/mol. The molecule has 4 bridgehead atoms. The summed E-state index contributed by atoms with van der Waals surface area (Å²) in [4.78, 5) is 0. The number of aliphatic hydroxyl groups is 2. The van der Waals surface area contributed by atoms with Crippen LogP contribution in [-0.4, -0.2) is 63.5 Å². The summed E-state index contributed by atoms with van der Waals surface area (Å²) in [5, 5.41) is 18.1. The van der Waals surface area contributed by atoms with Crippen LogP contribution in [-0.2, 0) is 18.5 Å². The molecule has 6 nitrogen and oxygen atoms in total. The van der Waals surface area contributed by atoms with Crippen molar-refractivity contribution in [1.29, 1.82) is 0 Å². The standard InChI is InChI=1S/C11H18O2.C9H14O2.CH3ClO2S.CH4/c1-3-12-10-8-5-6-9(7-8)11(10)13-4-2;10-4-8-6-1-2-7(3-6)9(8)5-11;1-5(2,3)4;/h5-6,8-11H,3-4,7H2,1-2H3;1-2,6-11H,3-5H2;1H3;1H4. The van der Waals surface area contributed by atoms with Gasteiger partial charge in [-0.3, -0.25) is 0 Å². The summed E-state index contributed by atoms with van der Waals surface area (Å²) in [6.07, 6.45) is 12.9. The van der Waals surface area contributed by atoms with Crippen LogP contribution in [0.4, 0.5) is 0 Å². The van der Waals surface area contributed by atoms with E-state index in [0.717, 1.165) is 25.9 Å². The number of ether oxygens (including phenoxy) is 2. The molecule has 0 heterocycles. The number of hydrogen-bond donors (Lipinski definition) is 2. The zero-order valence-corrected chi connectivity index (χ0v) is 19.1. The Hall–Kier alpha value is -0.440. The molecule has 2 fully saturated rings. The summed E-state index contributed by atoms with van der Waals surface area (Å²) in [5.74, 6) is 2.97. The third-order valence-corrected chi connectivity index (χ3v) is 6.26. The lowest BCUT2D eigenvalue weighted by atomic mass is 9.84. The first-order valence-electron chi connectivity index (χ1n) is 10.4. The van der Waals surface area contributed by atoms with Crippen molar-refractivity contribution in [3.8, 4) is 0 Å². The molecule has 176 valence electrons. The van der Waals surface area contributed by atoms with E-state index >= 15 is 0 Å². The van der Waals surface area contributed by atoms with E-state index in [0.29, 0.717) is 47.7 Å². The second-order valence-corrected chi connectivity index (χ2v) is 11.2. The van der Waals surface area contributed by atoms with Crippen LogP contribution in [0, 0.1) is 35.5 Å². The summed E-state index contributed by atoms with van der Waals surface area (Å²) in [5.41, 5.74) is 0. The molecular formula is C22H39ClO6S. The molecule has 8 unspecified atom stereocenters. The van der Waals surface area contributed by atoms with Crippen LogP contribution >= 0.6 is 10.7 Å². The fourth-order valence-electron chi connectivity index (χ4n) is 5.12. The van der Waals surface area contributed by atoms with Crippen molar-refractivity contribution in [3.05, 3.63) is 24.3 Å². The number of fused-ring (bicyclic) bond motifs is 4. The molecule has 4 aliphatic rings. The van der Waals surface area contributed by atoms with Crippen LogP contribution in [0.2, 0.25) is 0 Å². The Labute approximate surface area is 186 Å². The quantitative estimate of drug-likeness (QED) is 0.461. The van der Waals surface area contributed by atoms with Crippen LogP contribution in [0.15, 0.2) is 24.3 Å². The number of hydrogen-bond acceptors (Lipinski definition) is 6. The molecule has 0 aliphatic heterocycles. The van der Waals surface area contributed by atoms with Crippen molar-refractivity contribution >= 4 is 19.7 Å². The number of aliphatic hydroxyl groups excluding tert-OH is 2. The van der Waals surface area contributed by atoms with E-state index in [-0.39, 0.29) is 20.6 Å². The van der Waals surface area contributed by atoms with Crippen molar-refractivity contribution in [2.45, 2.75) is 46.3 Å². The van der Waals surface area contributed by atoms with Gasteiger partial charge in [-0.1, -0.05) is 31.7 Å². The van der Waals surface area contributed by atoms with Crippen LogP contribution in [0.3, 0.4) is 0 Å². The van der Waals surface area contributed by atoms with E-state index in [4.69, 9.17) is 19.7 Å². The third-order valence-electron chi connectivity index (χ3n) is 6.26. The highest BCUT2D eigenvalue weighted by Crippen LogP contribution is 2.47. The Kier molecular flexibility index (Phi) is 11.6. The minimum Gasteiger partial charge on any atom is -0.396 e. The summed E-state index contributed by atoms with van der Waals surface area (Å²) in [6, 6.07) is 0. The van der Waals surface area contributed by atoms with Gasteiger partial charge in [0.15, 0.2) is 0 Å². The van der Waals surface area contributed by atoms with E-state index in [9.17, 15) is 8.42 Å². The average Bonchev–Trinajstić information content (AvgIpc) is 3.42. The maximum atomic E-state index is 9.40. The van der Waals surface area contributed by atoms with Gasteiger partial charge in [0.1, 0.15) is 0 Å². The predicted molar refractivity (Wildman–Crippen MR) is 121 cm³/mol. The lowest BCUT2D eigenvalue weighted by Gasteiger charge is -2.27. The van der Waals surface area contributed by atoms with Crippen LogP contribution < -0.4 is 0 Å². The van der Waals surface area contributed by atoms with E-state index in [2.05, 4.69) is 48.8 Å². The molecule has 0 aromatic carbocycles. The van der Waals surface area contributed by atoms with E-state index in [1.54, 1.807) is 0 Å². The first kappa shape index (κ1) is 27.6. The first-order valence-corrected chi connectivity index (χ1v) is 13.2. The molecule has 0 aromatic rings. The topological polar surface area (TPSA) is 93.1 Å². The summed E-state index contributed by atoms with van der Waals surface area (Å²) in [6.45, 7) is 6.17. The Morgan fingerprint density at radius 1 is 0.833 bits per heavy atom. The lowest BCUT2D eigenvalue weighted by Crippen LogP contribution is -2.35. The predicted octanol–water partition coefficient (Wildman–Crippen LogP) is 3.23. The molecule has 4 aliphatic carbocycles. The molecular weight excluding hydrogens is 428 g/mol. The molecule has 8 atom stereocenters. The highest BCUT2D eigenvalue weighted by Gasteiger charge is 2.45. The van der Waals surface area contributed by atoms with Gasteiger partial charge in [0.05, 0.1) is 18.5 Å². The summed E-state index contributed by atoms with van der Waals surface area (Å²) >= 11 is 0. The van der Waals surface area contributed by atoms with E-state index in [1.807, 2.05) is 0 Å². The van der Waals surface area contributed by atoms with Gasteiger partial charge in [0, 0.05) is 48.9 Å². The lowest BCUT2D eigenvalue weighted by molar-refractivity contribution is -0.0711. The minimum absolute atomic E-state index is 0. The van der Waals surface area contributed by atoms with E-state index < -0.39 is 9.05 Å². The Bertz CT molecular complexity index is 619. The van der Waals surface area contributed by atoms with Crippen molar-refractivity contribution in [3.63, 3.8) is 0 Å². The fraction of sp³-hybridized carbons (Fsp3) is 0.818. The molecule has 2 N–H and O–H groups in total. The average molecular weight is 467 g/mol. The number of halogens is 1. The first-order chi connectivity index (χ1) is 13.7. The molecule has 8 heteroatoms. The maximum absolute atomic E-state index is 9.40. The second-order valence-electron chi connectivity index (χ2n) is 8.11. The van der Waals surface area contributed by atoms with Gasteiger partial charge in [-0.15, -0.1) is 0 Å². The highest BCUT2D eigenvalue weighted by molar-refractivity contribution is 8.13. The second kappa shape index (κ2) is 12.6. The van der Waals surface area contributed by atoms with Crippen molar-refractivity contribution < 1.29 is 28.1 Å². The van der Waals surface area contributed by atoms with Gasteiger partial charge in [-0.2, -0.15) is 0 Å². The van der Waals surface area contributed by atoms with Crippen LogP contribution in [0.5, 0.6) is 0 Å². The van der Waals surface area contributed by atoms with Crippen molar-refractivity contribution in [1.82, 2.24) is 0 Å².